The minimum atomic E-state index is -0.524. The van der Waals surface area contributed by atoms with Crippen LogP contribution in [0.25, 0.3) is 0 Å². The Morgan fingerprint density at radius 1 is 1.40 bits per heavy atom. The summed E-state index contributed by atoms with van der Waals surface area (Å²) in [5.74, 6) is -0.138. The van der Waals surface area contributed by atoms with Gasteiger partial charge in [-0.1, -0.05) is 0 Å². The molecule has 0 aromatic rings. The van der Waals surface area contributed by atoms with E-state index in [0.29, 0.717) is 13.2 Å². The normalized spacial score (nSPS) is 22.4. The predicted octanol–water partition coefficient (Wildman–Crippen LogP) is 0.130. The molecule has 1 atom stereocenters. The maximum absolute atomic E-state index is 12.4. The number of rotatable bonds is 7. The SMILES string of the molecule is COCCCNC(=O)CN(C)C(=O)C1(C)CCCCN1. The molecule has 0 radical (unpaired) electrons. The van der Waals surface area contributed by atoms with Gasteiger partial charge >= 0.3 is 0 Å². The van der Waals surface area contributed by atoms with Gasteiger partial charge in [0.2, 0.25) is 11.8 Å². The molecule has 1 unspecified atom stereocenters. The van der Waals surface area contributed by atoms with Gasteiger partial charge in [0, 0.05) is 27.3 Å². The standard InChI is InChI=1S/C14H27N3O3/c1-14(7-4-5-9-16-14)13(19)17(2)11-12(18)15-8-6-10-20-3/h16H,4-11H2,1-3H3,(H,15,18). The van der Waals surface area contributed by atoms with Crippen molar-refractivity contribution in [3.05, 3.63) is 0 Å². The molecular weight excluding hydrogens is 258 g/mol. The molecule has 0 aromatic heterocycles. The molecule has 2 N–H and O–H groups in total. The Balaban J connectivity index is 2.35. The van der Waals surface area contributed by atoms with E-state index < -0.39 is 5.54 Å². The summed E-state index contributed by atoms with van der Waals surface area (Å²) in [6.45, 7) is 4.07. The summed E-state index contributed by atoms with van der Waals surface area (Å²) in [7, 11) is 3.31. The van der Waals surface area contributed by atoms with Crippen molar-refractivity contribution in [3.8, 4) is 0 Å². The van der Waals surface area contributed by atoms with Crippen molar-refractivity contribution in [1.82, 2.24) is 15.5 Å². The smallest absolute Gasteiger partial charge is 0.242 e. The maximum atomic E-state index is 12.4. The average molecular weight is 285 g/mol. The highest BCUT2D eigenvalue weighted by Gasteiger charge is 2.36. The second-order valence-electron chi connectivity index (χ2n) is 5.57. The highest BCUT2D eigenvalue weighted by molar-refractivity contribution is 5.90. The van der Waals surface area contributed by atoms with E-state index in [4.69, 9.17) is 4.74 Å². The van der Waals surface area contributed by atoms with Crippen LogP contribution in [-0.4, -0.2) is 62.7 Å². The second-order valence-corrected chi connectivity index (χ2v) is 5.57. The lowest BCUT2D eigenvalue weighted by molar-refractivity contribution is -0.140. The maximum Gasteiger partial charge on any atom is 0.242 e. The van der Waals surface area contributed by atoms with Crippen LogP contribution in [0.1, 0.15) is 32.6 Å². The Kier molecular flexibility index (Phi) is 6.95. The first-order valence-electron chi connectivity index (χ1n) is 7.26. The minimum absolute atomic E-state index is 0.00996. The molecule has 1 aliphatic rings. The topological polar surface area (TPSA) is 70.7 Å². The van der Waals surface area contributed by atoms with E-state index in [-0.39, 0.29) is 18.4 Å². The van der Waals surface area contributed by atoms with E-state index in [0.717, 1.165) is 32.2 Å². The number of nitrogens with one attached hydrogen (secondary N) is 2. The monoisotopic (exact) mass is 285 g/mol. The van der Waals surface area contributed by atoms with Gasteiger partial charge in [-0.3, -0.25) is 9.59 Å². The van der Waals surface area contributed by atoms with Gasteiger partial charge in [0.1, 0.15) is 0 Å². The van der Waals surface area contributed by atoms with E-state index in [2.05, 4.69) is 10.6 Å². The molecule has 0 bridgehead atoms. The number of carbonyl (C=O) groups excluding carboxylic acids is 2. The number of likely N-dealkylation sites (N-methyl/N-ethyl adjacent to an activating group) is 1. The quantitative estimate of drug-likeness (QED) is 0.652. The minimum Gasteiger partial charge on any atom is -0.385 e. The molecule has 0 aliphatic carbocycles. The summed E-state index contributed by atoms with van der Waals surface area (Å²) in [5.41, 5.74) is -0.524. The van der Waals surface area contributed by atoms with Crippen molar-refractivity contribution in [3.63, 3.8) is 0 Å². The average Bonchev–Trinajstić information content (AvgIpc) is 2.43. The molecule has 1 aliphatic heterocycles. The summed E-state index contributed by atoms with van der Waals surface area (Å²) in [6, 6.07) is 0. The molecule has 2 amide bonds. The lowest BCUT2D eigenvalue weighted by atomic mass is 9.89. The van der Waals surface area contributed by atoms with Crippen molar-refractivity contribution in [2.75, 3.05) is 40.4 Å². The highest BCUT2D eigenvalue weighted by Crippen LogP contribution is 2.20. The Labute approximate surface area is 121 Å². The first kappa shape index (κ1) is 16.9. The molecule has 6 nitrogen and oxygen atoms in total. The van der Waals surface area contributed by atoms with Gasteiger partial charge in [-0.15, -0.1) is 0 Å². The molecular formula is C14H27N3O3. The van der Waals surface area contributed by atoms with Crippen LogP contribution in [0.15, 0.2) is 0 Å². The van der Waals surface area contributed by atoms with Crippen molar-refractivity contribution in [2.45, 2.75) is 38.1 Å². The number of hydrogen-bond donors (Lipinski definition) is 2. The van der Waals surface area contributed by atoms with Gasteiger partial charge in [-0.2, -0.15) is 0 Å². The van der Waals surface area contributed by atoms with E-state index in [1.54, 1.807) is 14.2 Å². The summed E-state index contributed by atoms with van der Waals surface area (Å²) in [6.07, 6.45) is 3.75. The van der Waals surface area contributed by atoms with E-state index in [1.165, 1.54) is 4.90 Å². The number of methoxy groups -OCH3 is 1. The molecule has 6 heteroatoms. The third-order valence-electron chi connectivity index (χ3n) is 3.67. The zero-order chi connectivity index (χ0) is 15.0. The summed E-state index contributed by atoms with van der Waals surface area (Å²) in [4.78, 5) is 25.6. The zero-order valence-electron chi connectivity index (χ0n) is 12.8. The molecule has 116 valence electrons. The zero-order valence-corrected chi connectivity index (χ0v) is 12.8. The van der Waals surface area contributed by atoms with Crippen LogP contribution >= 0.6 is 0 Å². The number of piperidine rings is 1. The number of amides is 2. The lowest BCUT2D eigenvalue weighted by Crippen LogP contribution is -2.58. The highest BCUT2D eigenvalue weighted by atomic mass is 16.5. The van der Waals surface area contributed by atoms with Crippen molar-refractivity contribution in [1.29, 1.82) is 0 Å². The van der Waals surface area contributed by atoms with Gasteiger partial charge in [-0.05, 0) is 39.2 Å². The Bertz CT molecular complexity index is 328. The molecule has 1 fully saturated rings. The predicted molar refractivity (Wildman–Crippen MR) is 77.4 cm³/mol. The van der Waals surface area contributed by atoms with Gasteiger partial charge in [-0.25, -0.2) is 0 Å². The second kappa shape index (κ2) is 8.21. The van der Waals surface area contributed by atoms with Crippen LogP contribution in [0.2, 0.25) is 0 Å². The van der Waals surface area contributed by atoms with E-state index in [1.807, 2.05) is 6.92 Å². The molecule has 0 spiro atoms. The molecule has 1 saturated heterocycles. The number of ether oxygens (including phenoxy) is 1. The van der Waals surface area contributed by atoms with Crippen LogP contribution in [0.5, 0.6) is 0 Å². The van der Waals surface area contributed by atoms with Gasteiger partial charge in [0.05, 0.1) is 12.1 Å². The van der Waals surface area contributed by atoms with Crippen molar-refractivity contribution in [2.24, 2.45) is 0 Å². The summed E-state index contributed by atoms with van der Waals surface area (Å²) >= 11 is 0. The first-order valence-corrected chi connectivity index (χ1v) is 7.26. The number of carbonyl (C=O) groups is 2. The molecule has 1 heterocycles. The van der Waals surface area contributed by atoms with Gasteiger partial charge in [0.25, 0.3) is 0 Å². The number of nitrogens with zero attached hydrogens (tertiary/aromatic N) is 1. The molecule has 0 saturated carbocycles. The van der Waals surface area contributed by atoms with Crippen molar-refractivity contribution >= 4 is 11.8 Å². The van der Waals surface area contributed by atoms with Gasteiger partial charge in [0.15, 0.2) is 0 Å². The van der Waals surface area contributed by atoms with Crippen molar-refractivity contribution < 1.29 is 14.3 Å². The van der Waals surface area contributed by atoms with E-state index in [9.17, 15) is 9.59 Å². The third-order valence-corrected chi connectivity index (χ3v) is 3.67. The molecule has 1 rings (SSSR count). The Hall–Kier alpha value is -1.14. The fraction of sp³-hybridized carbons (Fsp3) is 0.857. The Morgan fingerprint density at radius 2 is 2.15 bits per heavy atom. The number of hydrogen-bond acceptors (Lipinski definition) is 4. The van der Waals surface area contributed by atoms with Crippen LogP contribution < -0.4 is 10.6 Å². The van der Waals surface area contributed by atoms with Crippen LogP contribution in [-0.2, 0) is 14.3 Å². The van der Waals surface area contributed by atoms with E-state index >= 15 is 0 Å². The molecule has 0 aromatic carbocycles. The largest absolute Gasteiger partial charge is 0.385 e. The van der Waals surface area contributed by atoms with Crippen LogP contribution in [0.3, 0.4) is 0 Å². The summed E-state index contributed by atoms with van der Waals surface area (Å²) in [5, 5.41) is 6.06. The lowest BCUT2D eigenvalue weighted by Gasteiger charge is -2.36. The fourth-order valence-electron chi connectivity index (χ4n) is 2.45. The molecule has 20 heavy (non-hydrogen) atoms. The first-order chi connectivity index (χ1) is 9.49. The Morgan fingerprint density at radius 3 is 2.75 bits per heavy atom. The fourth-order valence-corrected chi connectivity index (χ4v) is 2.45. The summed E-state index contributed by atoms with van der Waals surface area (Å²) < 4.78 is 4.91. The van der Waals surface area contributed by atoms with Crippen LogP contribution in [0.4, 0.5) is 0 Å². The van der Waals surface area contributed by atoms with Crippen LogP contribution in [0, 0.1) is 0 Å². The third kappa shape index (κ3) is 5.09. The van der Waals surface area contributed by atoms with Gasteiger partial charge < -0.3 is 20.3 Å².